The van der Waals surface area contributed by atoms with Crippen LogP contribution < -0.4 is 5.73 Å². The molecule has 1 heterocycles. The van der Waals surface area contributed by atoms with Crippen molar-refractivity contribution in [3.8, 4) is 0 Å². The van der Waals surface area contributed by atoms with E-state index in [1.165, 1.54) is 4.88 Å². The zero-order valence-corrected chi connectivity index (χ0v) is 11.0. The van der Waals surface area contributed by atoms with Crippen LogP contribution in [-0.4, -0.2) is 5.78 Å². The standard InChI is InChI=1S/C14H15NOS/c1-8-7-11(15)4-5-12(8)13(16)14-9(2)6-10(3)17-14/h4-7H,15H2,1-3H3. The van der Waals surface area contributed by atoms with Gasteiger partial charge in [-0.3, -0.25) is 4.79 Å². The highest BCUT2D eigenvalue weighted by atomic mass is 32.1. The summed E-state index contributed by atoms with van der Waals surface area (Å²) in [5.41, 5.74) is 9.11. The highest BCUT2D eigenvalue weighted by Crippen LogP contribution is 2.25. The van der Waals surface area contributed by atoms with E-state index in [4.69, 9.17) is 5.73 Å². The molecule has 1 aromatic carbocycles. The highest BCUT2D eigenvalue weighted by Gasteiger charge is 2.16. The molecule has 0 aliphatic rings. The lowest BCUT2D eigenvalue weighted by atomic mass is 10.0. The maximum Gasteiger partial charge on any atom is 0.203 e. The van der Waals surface area contributed by atoms with Gasteiger partial charge in [0.2, 0.25) is 5.78 Å². The minimum atomic E-state index is 0.0955. The number of rotatable bonds is 2. The molecule has 0 aliphatic carbocycles. The molecule has 0 bridgehead atoms. The number of benzene rings is 1. The van der Waals surface area contributed by atoms with Crippen molar-refractivity contribution in [2.75, 3.05) is 5.73 Å². The van der Waals surface area contributed by atoms with Crippen LogP contribution in [0, 0.1) is 20.8 Å². The van der Waals surface area contributed by atoms with Gasteiger partial charge in [0.1, 0.15) is 0 Å². The smallest absolute Gasteiger partial charge is 0.203 e. The Kier molecular flexibility index (Phi) is 3.03. The van der Waals surface area contributed by atoms with Crippen molar-refractivity contribution in [3.05, 3.63) is 50.7 Å². The van der Waals surface area contributed by atoms with Crippen molar-refractivity contribution in [1.82, 2.24) is 0 Å². The predicted molar refractivity (Wildman–Crippen MR) is 72.8 cm³/mol. The Morgan fingerprint density at radius 1 is 1.12 bits per heavy atom. The first-order chi connectivity index (χ1) is 7.99. The Balaban J connectivity index is 2.47. The van der Waals surface area contributed by atoms with Crippen LogP contribution in [-0.2, 0) is 0 Å². The molecule has 0 saturated carbocycles. The number of anilines is 1. The minimum absolute atomic E-state index is 0.0955. The molecule has 0 amide bonds. The number of hydrogen-bond acceptors (Lipinski definition) is 3. The monoisotopic (exact) mass is 245 g/mol. The second-order valence-electron chi connectivity index (χ2n) is 4.27. The fourth-order valence-corrected chi connectivity index (χ4v) is 2.91. The molecule has 0 atom stereocenters. The van der Waals surface area contributed by atoms with Crippen molar-refractivity contribution in [2.24, 2.45) is 0 Å². The lowest BCUT2D eigenvalue weighted by Gasteiger charge is -2.05. The van der Waals surface area contributed by atoms with Crippen LogP contribution in [0.3, 0.4) is 0 Å². The second-order valence-corrected chi connectivity index (χ2v) is 5.53. The molecule has 0 radical (unpaired) electrons. The van der Waals surface area contributed by atoms with E-state index in [2.05, 4.69) is 0 Å². The molecule has 88 valence electrons. The van der Waals surface area contributed by atoms with Crippen LogP contribution in [0.25, 0.3) is 0 Å². The van der Waals surface area contributed by atoms with Crippen LogP contribution >= 0.6 is 11.3 Å². The molecule has 0 fully saturated rings. The van der Waals surface area contributed by atoms with E-state index in [1.807, 2.05) is 39.0 Å². The number of carbonyl (C=O) groups is 1. The normalized spacial score (nSPS) is 10.5. The summed E-state index contributed by atoms with van der Waals surface area (Å²) in [4.78, 5) is 14.4. The third kappa shape index (κ3) is 2.24. The fourth-order valence-electron chi connectivity index (χ4n) is 1.93. The molecule has 0 saturated heterocycles. The Bertz CT molecular complexity index is 584. The van der Waals surface area contributed by atoms with Crippen molar-refractivity contribution >= 4 is 22.8 Å². The van der Waals surface area contributed by atoms with E-state index in [1.54, 1.807) is 17.4 Å². The summed E-state index contributed by atoms with van der Waals surface area (Å²) in [7, 11) is 0. The van der Waals surface area contributed by atoms with Gasteiger partial charge in [-0.05, 0) is 56.2 Å². The third-order valence-electron chi connectivity index (χ3n) is 2.74. The molecule has 0 unspecified atom stereocenters. The second kappa shape index (κ2) is 4.34. The molecule has 2 N–H and O–H groups in total. The molecule has 1 aromatic heterocycles. The van der Waals surface area contributed by atoms with Crippen molar-refractivity contribution < 1.29 is 4.79 Å². The van der Waals surface area contributed by atoms with Crippen LogP contribution in [0.5, 0.6) is 0 Å². The summed E-state index contributed by atoms with van der Waals surface area (Å²) in [5, 5.41) is 0. The predicted octanol–water partition coefficient (Wildman–Crippen LogP) is 3.49. The molecular weight excluding hydrogens is 230 g/mol. The van der Waals surface area contributed by atoms with E-state index in [9.17, 15) is 4.79 Å². The summed E-state index contributed by atoms with van der Waals surface area (Å²) >= 11 is 1.55. The average molecular weight is 245 g/mol. The van der Waals surface area contributed by atoms with Gasteiger partial charge in [-0.15, -0.1) is 11.3 Å². The van der Waals surface area contributed by atoms with Gasteiger partial charge in [-0.1, -0.05) is 0 Å². The number of aryl methyl sites for hydroxylation is 3. The van der Waals surface area contributed by atoms with Gasteiger partial charge in [0.25, 0.3) is 0 Å². The molecule has 3 heteroatoms. The van der Waals surface area contributed by atoms with Gasteiger partial charge in [0.05, 0.1) is 4.88 Å². The SMILES string of the molecule is Cc1cc(C)c(C(=O)c2ccc(N)cc2C)s1. The molecular formula is C14H15NOS. The molecule has 2 aromatic rings. The number of hydrogen-bond donors (Lipinski definition) is 1. The quantitative estimate of drug-likeness (QED) is 0.650. The van der Waals surface area contributed by atoms with Gasteiger partial charge >= 0.3 is 0 Å². The van der Waals surface area contributed by atoms with Gasteiger partial charge < -0.3 is 5.73 Å². The number of ketones is 1. The summed E-state index contributed by atoms with van der Waals surface area (Å²) in [5.74, 6) is 0.0955. The van der Waals surface area contributed by atoms with Gasteiger partial charge in [0, 0.05) is 16.1 Å². The average Bonchev–Trinajstić information content (AvgIpc) is 2.57. The summed E-state index contributed by atoms with van der Waals surface area (Å²) < 4.78 is 0. The summed E-state index contributed by atoms with van der Waals surface area (Å²) in [6.07, 6.45) is 0. The Morgan fingerprint density at radius 2 is 1.82 bits per heavy atom. The van der Waals surface area contributed by atoms with Crippen LogP contribution in [0.2, 0.25) is 0 Å². The number of nitrogen functional groups attached to an aromatic ring is 1. The maximum atomic E-state index is 12.4. The zero-order chi connectivity index (χ0) is 12.6. The highest BCUT2D eigenvalue weighted by molar-refractivity contribution is 7.14. The first-order valence-electron chi connectivity index (χ1n) is 5.47. The molecule has 0 spiro atoms. The van der Waals surface area contributed by atoms with Crippen molar-refractivity contribution in [1.29, 1.82) is 0 Å². The minimum Gasteiger partial charge on any atom is -0.399 e. The summed E-state index contributed by atoms with van der Waals surface area (Å²) in [6.45, 7) is 5.91. The lowest BCUT2D eigenvalue weighted by Crippen LogP contribution is -2.03. The van der Waals surface area contributed by atoms with E-state index < -0.39 is 0 Å². The fraction of sp³-hybridized carbons (Fsp3) is 0.214. The number of nitrogens with two attached hydrogens (primary N) is 1. The Hall–Kier alpha value is -1.61. The first kappa shape index (κ1) is 11.9. The molecule has 2 rings (SSSR count). The molecule has 0 aliphatic heterocycles. The molecule has 2 nitrogen and oxygen atoms in total. The number of thiophene rings is 1. The van der Waals surface area contributed by atoms with Gasteiger partial charge in [-0.2, -0.15) is 0 Å². The lowest BCUT2D eigenvalue weighted by molar-refractivity contribution is 0.104. The van der Waals surface area contributed by atoms with Crippen LogP contribution in [0.1, 0.15) is 31.2 Å². The Morgan fingerprint density at radius 3 is 2.35 bits per heavy atom. The Labute approximate surface area is 105 Å². The topological polar surface area (TPSA) is 43.1 Å². The van der Waals surface area contributed by atoms with E-state index in [-0.39, 0.29) is 5.78 Å². The largest absolute Gasteiger partial charge is 0.399 e. The first-order valence-corrected chi connectivity index (χ1v) is 6.28. The number of carbonyl (C=O) groups excluding carboxylic acids is 1. The van der Waals surface area contributed by atoms with Crippen molar-refractivity contribution in [3.63, 3.8) is 0 Å². The van der Waals surface area contributed by atoms with Gasteiger partial charge in [0.15, 0.2) is 0 Å². The molecule has 17 heavy (non-hydrogen) atoms. The van der Waals surface area contributed by atoms with E-state index in [0.717, 1.165) is 21.6 Å². The van der Waals surface area contributed by atoms with Crippen molar-refractivity contribution in [2.45, 2.75) is 20.8 Å². The van der Waals surface area contributed by atoms with Crippen LogP contribution in [0.15, 0.2) is 24.3 Å². The van der Waals surface area contributed by atoms with E-state index in [0.29, 0.717) is 5.69 Å². The van der Waals surface area contributed by atoms with E-state index >= 15 is 0 Å². The van der Waals surface area contributed by atoms with Crippen LogP contribution in [0.4, 0.5) is 5.69 Å². The third-order valence-corrected chi connectivity index (χ3v) is 3.89. The maximum absolute atomic E-state index is 12.4. The summed E-state index contributed by atoms with van der Waals surface area (Å²) in [6, 6.07) is 7.46. The zero-order valence-electron chi connectivity index (χ0n) is 10.2. The van der Waals surface area contributed by atoms with Gasteiger partial charge in [-0.25, -0.2) is 0 Å².